The first-order valence-corrected chi connectivity index (χ1v) is 33.7. The third kappa shape index (κ3) is 61.3. The van der Waals surface area contributed by atoms with E-state index in [2.05, 4.69) is 50.3 Å². The first-order valence-electron chi connectivity index (χ1n) is 32.2. The molecule has 0 bridgehead atoms. The number of allylic oxidation sites excluding steroid dienone is 6. The van der Waals surface area contributed by atoms with Gasteiger partial charge in [0.25, 0.3) is 7.82 Å². The lowest BCUT2D eigenvalue weighted by Gasteiger charge is -2.28. The van der Waals surface area contributed by atoms with Gasteiger partial charge in [0.1, 0.15) is 19.8 Å². The van der Waals surface area contributed by atoms with Gasteiger partial charge in [0.15, 0.2) is 6.10 Å². The Kier molecular flexibility index (Phi) is 55.6. The van der Waals surface area contributed by atoms with Gasteiger partial charge in [-0.3, -0.25) is 14.2 Å². The van der Waals surface area contributed by atoms with Gasteiger partial charge >= 0.3 is 11.9 Å². The number of carbonyl (C=O) groups excluding carboxylic acids is 2. The fourth-order valence-corrected chi connectivity index (χ4v) is 10.2. The summed E-state index contributed by atoms with van der Waals surface area (Å²) in [6.07, 6.45) is 70.7. The molecule has 0 saturated carbocycles. The van der Waals surface area contributed by atoms with Gasteiger partial charge in [-0.1, -0.05) is 288 Å². The summed E-state index contributed by atoms with van der Waals surface area (Å²) in [6.45, 7) is 4.28. The van der Waals surface area contributed by atoms with E-state index in [1.54, 1.807) is 0 Å². The average molecular weight is 1080 g/mol. The van der Waals surface area contributed by atoms with Crippen molar-refractivity contribution in [1.82, 2.24) is 0 Å². The molecule has 0 fully saturated rings. The van der Waals surface area contributed by atoms with Crippen molar-refractivity contribution in [2.24, 2.45) is 0 Å². The van der Waals surface area contributed by atoms with Crippen molar-refractivity contribution in [2.75, 3.05) is 47.5 Å². The third-order valence-corrected chi connectivity index (χ3v) is 15.4. The van der Waals surface area contributed by atoms with E-state index in [0.717, 1.165) is 44.9 Å². The fraction of sp³-hybridized carbons (Fsp3) is 0.877. The van der Waals surface area contributed by atoms with Crippen LogP contribution in [-0.2, 0) is 32.7 Å². The maximum atomic E-state index is 12.8. The minimum atomic E-state index is -4.63. The Labute approximate surface area is 465 Å². The SMILES string of the molecule is CCCCCCC/C=C\C/C=C\C/C=C\CCCCCCCCCCCCCCCCCCCCC(=O)OC(COC(=O)CCCCCCCCCCCCCCCCCCCC)COP(=O)([O-])OCC[N+](C)(C)C. The predicted octanol–water partition coefficient (Wildman–Crippen LogP) is 19.7. The molecular formula is C65H124NO8P. The Hall–Kier alpha value is -1.77. The van der Waals surface area contributed by atoms with E-state index in [0.29, 0.717) is 17.4 Å². The molecule has 442 valence electrons. The van der Waals surface area contributed by atoms with Crippen molar-refractivity contribution in [3.63, 3.8) is 0 Å². The fourth-order valence-electron chi connectivity index (χ4n) is 9.43. The van der Waals surface area contributed by atoms with Crippen LogP contribution in [0.15, 0.2) is 36.5 Å². The zero-order valence-corrected chi connectivity index (χ0v) is 51.2. The molecule has 2 atom stereocenters. The van der Waals surface area contributed by atoms with Gasteiger partial charge in [-0.2, -0.15) is 0 Å². The minimum absolute atomic E-state index is 0.0278. The van der Waals surface area contributed by atoms with Crippen LogP contribution in [0, 0.1) is 0 Å². The van der Waals surface area contributed by atoms with Crippen molar-refractivity contribution in [1.29, 1.82) is 0 Å². The molecule has 2 unspecified atom stereocenters. The number of ether oxygens (including phenoxy) is 2. The van der Waals surface area contributed by atoms with E-state index in [-0.39, 0.29) is 32.0 Å². The summed E-state index contributed by atoms with van der Waals surface area (Å²) in [7, 11) is 1.18. The lowest BCUT2D eigenvalue weighted by atomic mass is 10.0. The van der Waals surface area contributed by atoms with Crippen molar-refractivity contribution in [2.45, 2.75) is 322 Å². The standard InChI is InChI=1S/C65H124NO8P/c1-6-8-10-12-14-16-18-20-22-24-26-27-28-29-30-31-32-33-34-35-36-37-38-39-40-42-44-46-48-50-52-54-56-58-65(68)74-63(62-73-75(69,70)72-60-59-66(3,4)5)61-71-64(67)57-55-53-51-49-47-45-43-41-25-23-21-19-17-15-13-11-9-7-2/h18,20,24,26,28-29,63H,6-17,19,21-23,25,27,30-62H2,1-5H3/b20-18-,26-24-,29-28-. The van der Waals surface area contributed by atoms with Gasteiger partial charge in [0.05, 0.1) is 27.7 Å². The number of carbonyl (C=O) groups is 2. The number of hydrogen-bond acceptors (Lipinski definition) is 8. The summed E-state index contributed by atoms with van der Waals surface area (Å²) in [4.78, 5) is 37.9. The van der Waals surface area contributed by atoms with E-state index in [1.165, 1.54) is 238 Å². The molecule has 0 aromatic heterocycles. The molecule has 0 aliphatic heterocycles. The third-order valence-electron chi connectivity index (χ3n) is 14.4. The molecule has 9 nitrogen and oxygen atoms in total. The molecule has 0 rings (SSSR count). The second-order valence-electron chi connectivity index (χ2n) is 23.1. The number of hydrogen-bond donors (Lipinski definition) is 0. The number of rotatable bonds is 60. The van der Waals surface area contributed by atoms with E-state index in [1.807, 2.05) is 21.1 Å². The molecule has 0 aliphatic carbocycles. The van der Waals surface area contributed by atoms with Gasteiger partial charge in [-0.15, -0.1) is 0 Å². The Morgan fingerprint density at radius 1 is 0.413 bits per heavy atom. The number of likely N-dealkylation sites (N-methyl/N-ethyl adjacent to an activating group) is 1. The Morgan fingerprint density at radius 3 is 1.07 bits per heavy atom. The topological polar surface area (TPSA) is 111 Å². The van der Waals surface area contributed by atoms with E-state index in [4.69, 9.17) is 18.5 Å². The van der Waals surface area contributed by atoms with Crippen molar-refractivity contribution < 1.29 is 42.1 Å². The van der Waals surface area contributed by atoms with Crippen LogP contribution in [0.2, 0.25) is 0 Å². The maximum Gasteiger partial charge on any atom is 0.306 e. The molecule has 10 heteroatoms. The largest absolute Gasteiger partial charge is 0.756 e. The molecular weight excluding hydrogens is 954 g/mol. The quantitative estimate of drug-likeness (QED) is 0.0195. The summed E-state index contributed by atoms with van der Waals surface area (Å²) in [6, 6.07) is 0. The van der Waals surface area contributed by atoms with Crippen molar-refractivity contribution >= 4 is 19.8 Å². The van der Waals surface area contributed by atoms with Crippen molar-refractivity contribution in [3.05, 3.63) is 36.5 Å². The van der Waals surface area contributed by atoms with Crippen LogP contribution < -0.4 is 4.89 Å². The number of quaternary nitrogens is 1. The number of phosphoric acid groups is 1. The minimum Gasteiger partial charge on any atom is -0.756 e. The van der Waals surface area contributed by atoms with Gasteiger partial charge in [0.2, 0.25) is 0 Å². The average Bonchev–Trinajstić information content (AvgIpc) is 3.37. The molecule has 0 amide bonds. The summed E-state index contributed by atoms with van der Waals surface area (Å²) in [5.41, 5.74) is 0. The normalized spacial score (nSPS) is 13.4. The summed E-state index contributed by atoms with van der Waals surface area (Å²) >= 11 is 0. The first-order chi connectivity index (χ1) is 36.5. The van der Waals surface area contributed by atoms with Crippen LogP contribution in [0.4, 0.5) is 0 Å². The van der Waals surface area contributed by atoms with E-state index < -0.39 is 26.5 Å². The van der Waals surface area contributed by atoms with Gasteiger partial charge < -0.3 is 27.9 Å². The molecule has 75 heavy (non-hydrogen) atoms. The lowest BCUT2D eigenvalue weighted by Crippen LogP contribution is -2.37. The Balaban J connectivity index is 4.01. The molecule has 0 aromatic rings. The van der Waals surface area contributed by atoms with Gasteiger partial charge in [-0.05, 0) is 51.4 Å². The Morgan fingerprint density at radius 2 is 0.720 bits per heavy atom. The monoisotopic (exact) mass is 1080 g/mol. The van der Waals surface area contributed by atoms with Crippen LogP contribution in [0.1, 0.15) is 316 Å². The lowest BCUT2D eigenvalue weighted by molar-refractivity contribution is -0.870. The molecule has 0 spiro atoms. The Bertz CT molecular complexity index is 1360. The summed E-state index contributed by atoms with van der Waals surface area (Å²) < 4.78 is 34.2. The second-order valence-corrected chi connectivity index (χ2v) is 24.5. The van der Waals surface area contributed by atoms with E-state index >= 15 is 0 Å². The number of unbranched alkanes of at least 4 members (excludes halogenated alkanes) is 40. The van der Waals surface area contributed by atoms with E-state index in [9.17, 15) is 19.0 Å². The highest BCUT2D eigenvalue weighted by Crippen LogP contribution is 2.38. The van der Waals surface area contributed by atoms with Crippen LogP contribution in [0.5, 0.6) is 0 Å². The molecule has 0 N–H and O–H groups in total. The smallest absolute Gasteiger partial charge is 0.306 e. The second kappa shape index (κ2) is 56.9. The maximum absolute atomic E-state index is 12.8. The van der Waals surface area contributed by atoms with Crippen LogP contribution in [0.3, 0.4) is 0 Å². The molecule has 0 aromatic carbocycles. The number of nitrogens with zero attached hydrogens (tertiary/aromatic N) is 1. The molecule has 0 heterocycles. The highest BCUT2D eigenvalue weighted by atomic mass is 31.2. The highest BCUT2D eigenvalue weighted by molar-refractivity contribution is 7.45. The number of phosphoric ester groups is 1. The summed E-state index contributed by atoms with van der Waals surface area (Å²) in [5.74, 6) is -0.814. The zero-order valence-electron chi connectivity index (χ0n) is 50.3. The molecule has 0 saturated heterocycles. The zero-order chi connectivity index (χ0) is 54.9. The van der Waals surface area contributed by atoms with Crippen LogP contribution in [0.25, 0.3) is 0 Å². The van der Waals surface area contributed by atoms with Gasteiger partial charge in [-0.25, -0.2) is 0 Å². The van der Waals surface area contributed by atoms with Gasteiger partial charge in [0, 0.05) is 12.8 Å². The van der Waals surface area contributed by atoms with Crippen LogP contribution in [-0.4, -0.2) is 70.0 Å². The predicted molar refractivity (Wildman–Crippen MR) is 319 cm³/mol. The van der Waals surface area contributed by atoms with Crippen molar-refractivity contribution in [3.8, 4) is 0 Å². The molecule has 0 radical (unpaired) electrons. The van der Waals surface area contributed by atoms with Crippen LogP contribution >= 0.6 is 7.82 Å². The highest BCUT2D eigenvalue weighted by Gasteiger charge is 2.22. The first kappa shape index (κ1) is 73.2. The summed E-state index contributed by atoms with van der Waals surface area (Å²) in [5, 5.41) is 0. The number of esters is 2. The molecule has 0 aliphatic rings.